The lowest BCUT2D eigenvalue weighted by molar-refractivity contribution is -0.227. The van der Waals surface area contributed by atoms with Crippen LogP contribution in [0.5, 0.6) is 0 Å². The van der Waals surface area contributed by atoms with E-state index in [2.05, 4.69) is 5.32 Å². The summed E-state index contributed by atoms with van der Waals surface area (Å²) in [6.45, 7) is 6.50. The van der Waals surface area contributed by atoms with Gasteiger partial charge in [-0.15, -0.1) is 0 Å². The zero-order valence-corrected chi connectivity index (χ0v) is 17.3. The Bertz CT molecular complexity index is 694. The quantitative estimate of drug-likeness (QED) is 0.514. The maximum atomic E-state index is 11.7. The van der Waals surface area contributed by atoms with E-state index in [-0.39, 0.29) is 12.6 Å². The Morgan fingerprint density at radius 2 is 1.59 bits per heavy atom. The minimum Gasteiger partial charge on any atom is -0.456 e. The minimum atomic E-state index is -0.930. The van der Waals surface area contributed by atoms with Crippen LogP contribution in [0.3, 0.4) is 0 Å². The van der Waals surface area contributed by atoms with E-state index in [1.54, 1.807) is 0 Å². The summed E-state index contributed by atoms with van der Waals surface area (Å²) in [4.78, 5) is 34.7. The van der Waals surface area contributed by atoms with Gasteiger partial charge in [-0.1, -0.05) is 30.3 Å². The van der Waals surface area contributed by atoms with Crippen LogP contribution in [0.2, 0.25) is 0 Å². The molecular formula is C21H29NO7. The summed E-state index contributed by atoms with van der Waals surface area (Å²) in [5.74, 6) is -1.62. The number of benzene rings is 1. The van der Waals surface area contributed by atoms with Crippen molar-refractivity contribution in [2.24, 2.45) is 0 Å². The largest absolute Gasteiger partial charge is 0.456 e. The Hall–Kier alpha value is -2.45. The van der Waals surface area contributed by atoms with E-state index in [9.17, 15) is 14.4 Å². The van der Waals surface area contributed by atoms with Crippen molar-refractivity contribution in [2.45, 2.75) is 71.1 Å². The molecular weight excluding hydrogens is 378 g/mol. The van der Waals surface area contributed by atoms with E-state index in [1.165, 1.54) is 20.8 Å². The van der Waals surface area contributed by atoms with E-state index >= 15 is 0 Å². The third kappa shape index (κ3) is 7.47. The summed E-state index contributed by atoms with van der Waals surface area (Å²) in [6.07, 6.45) is -2.66. The van der Waals surface area contributed by atoms with Gasteiger partial charge in [0.15, 0.2) is 18.3 Å². The molecule has 29 heavy (non-hydrogen) atoms. The number of ether oxygens (including phenoxy) is 4. The van der Waals surface area contributed by atoms with Gasteiger partial charge < -0.3 is 24.3 Å². The second kappa shape index (κ2) is 10.9. The minimum absolute atomic E-state index is 0.0292. The molecule has 1 aromatic rings. The monoisotopic (exact) mass is 407 g/mol. The van der Waals surface area contributed by atoms with Crippen molar-refractivity contribution in [3.05, 3.63) is 35.9 Å². The first-order chi connectivity index (χ1) is 13.8. The normalized spacial score (nSPS) is 25.0. The molecule has 0 bridgehead atoms. The Labute approximate surface area is 170 Å². The van der Waals surface area contributed by atoms with E-state index in [4.69, 9.17) is 18.9 Å². The van der Waals surface area contributed by atoms with Crippen molar-refractivity contribution in [1.82, 2.24) is 5.32 Å². The Balaban J connectivity index is 2.08. The van der Waals surface area contributed by atoms with Crippen molar-refractivity contribution in [2.75, 3.05) is 6.61 Å². The topological polar surface area (TPSA) is 100 Å². The second-order valence-corrected chi connectivity index (χ2v) is 7.17. The van der Waals surface area contributed by atoms with Gasteiger partial charge in [0.2, 0.25) is 0 Å². The number of carbonyl (C=O) groups excluding carboxylic acids is 3. The molecule has 0 spiro atoms. The maximum Gasteiger partial charge on any atom is 0.303 e. The highest BCUT2D eigenvalue weighted by molar-refractivity contribution is 5.68. The van der Waals surface area contributed by atoms with Crippen LogP contribution < -0.4 is 5.32 Å². The molecule has 1 aliphatic heterocycles. The Morgan fingerprint density at radius 3 is 2.17 bits per heavy atom. The van der Waals surface area contributed by atoms with E-state index in [1.807, 2.05) is 37.3 Å². The molecule has 160 valence electrons. The molecule has 1 fully saturated rings. The molecule has 0 aliphatic carbocycles. The van der Waals surface area contributed by atoms with Crippen molar-refractivity contribution in [1.29, 1.82) is 0 Å². The molecule has 1 N–H and O–H groups in total. The summed E-state index contributed by atoms with van der Waals surface area (Å²) in [5.41, 5.74) is 1.15. The lowest BCUT2D eigenvalue weighted by Gasteiger charge is -2.41. The summed E-state index contributed by atoms with van der Waals surface area (Å²) >= 11 is 0. The van der Waals surface area contributed by atoms with Gasteiger partial charge in [0.05, 0.1) is 12.7 Å². The van der Waals surface area contributed by atoms with Crippen LogP contribution in [-0.4, -0.2) is 55.0 Å². The molecule has 1 aromatic carbocycles. The second-order valence-electron chi connectivity index (χ2n) is 7.17. The molecule has 5 atom stereocenters. The highest BCUT2D eigenvalue weighted by Crippen LogP contribution is 2.27. The van der Waals surface area contributed by atoms with Crippen LogP contribution in [-0.2, 0) is 39.9 Å². The first kappa shape index (κ1) is 22.8. The van der Waals surface area contributed by atoms with E-state index in [0.717, 1.165) is 5.56 Å². The molecule has 8 nitrogen and oxygen atoms in total. The first-order valence-corrected chi connectivity index (χ1v) is 9.66. The maximum absolute atomic E-state index is 11.7. The number of hydrogen-bond acceptors (Lipinski definition) is 8. The van der Waals surface area contributed by atoms with E-state index in [0.29, 0.717) is 13.0 Å². The van der Waals surface area contributed by atoms with Crippen LogP contribution in [0.4, 0.5) is 0 Å². The van der Waals surface area contributed by atoms with Gasteiger partial charge in [0.25, 0.3) is 0 Å². The molecule has 2 rings (SSSR count). The standard InChI is InChI=1S/C21H29NO7/c1-13(22-11-17-8-6-5-7-9-17)10-18-20(28-15(3)24)21(29-16(4)25)19(12-26-18)27-14(2)23/h5-9,13,18-22H,10-12H2,1-4H3. The first-order valence-electron chi connectivity index (χ1n) is 9.66. The molecule has 0 amide bonds. The summed E-state index contributed by atoms with van der Waals surface area (Å²) in [7, 11) is 0. The SMILES string of the molecule is CC(=O)OC1COC(CC(C)NCc2ccccc2)C(OC(C)=O)C1OC(C)=O. The number of carbonyl (C=O) groups is 3. The fourth-order valence-electron chi connectivity index (χ4n) is 3.34. The summed E-state index contributed by atoms with van der Waals surface area (Å²) < 4.78 is 21.9. The van der Waals surface area contributed by atoms with Gasteiger partial charge in [-0.25, -0.2) is 0 Å². The lowest BCUT2D eigenvalue weighted by atomic mass is 9.94. The van der Waals surface area contributed by atoms with Crippen molar-refractivity contribution in [3.63, 3.8) is 0 Å². The fraction of sp³-hybridized carbons (Fsp3) is 0.571. The molecule has 0 aromatic heterocycles. The molecule has 8 heteroatoms. The van der Waals surface area contributed by atoms with Gasteiger partial charge in [-0.05, 0) is 18.9 Å². The van der Waals surface area contributed by atoms with Crippen LogP contribution >= 0.6 is 0 Å². The average Bonchev–Trinajstić information content (AvgIpc) is 2.64. The Morgan fingerprint density at radius 1 is 1.00 bits per heavy atom. The third-order valence-corrected chi connectivity index (χ3v) is 4.54. The van der Waals surface area contributed by atoms with Crippen molar-refractivity contribution >= 4 is 17.9 Å². The van der Waals surface area contributed by atoms with Gasteiger partial charge >= 0.3 is 17.9 Å². The molecule has 1 aliphatic rings. The number of esters is 3. The molecule has 1 heterocycles. The highest BCUT2D eigenvalue weighted by atomic mass is 16.6. The number of nitrogens with one attached hydrogen (secondary N) is 1. The van der Waals surface area contributed by atoms with Crippen LogP contribution in [0.15, 0.2) is 30.3 Å². The lowest BCUT2D eigenvalue weighted by Crippen LogP contribution is -2.58. The van der Waals surface area contributed by atoms with Gasteiger partial charge in [-0.3, -0.25) is 14.4 Å². The number of hydrogen-bond donors (Lipinski definition) is 1. The Kier molecular flexibility index (Phi) is 8.60. The predicted molar refractivity (Wildman–Crippen MR) is 104 cm³/mol. The summed E-state index contributed by atoms with van der Waals surface area (Å²) in [5, 5.41) is 3.41. The summed E-state index contributed by atoms with van der Waals surface area (Å²) in [6, 6.07) is 9.99. The molecule has 1 saturated heterocycles. The van der Waals surface area contributed by atoms with Gasteiger partial charge in [0, 0.05) is 33.4 Å². The van der Waals surface area contributed by atoms with Crippen LogP contribution in [0, 0.1) is 0 Å². The number of rotatable bonds is 8. The van der Waals surface area contributed by atoms with Crippen molar-refractivity contribution in [3.8, 4) is 0 Å². The highest BCUT2D eigenvalue weighted by Gasteiger charge is 2.46. The van der Waals surface area contributed by atoms with Crippen molar-refractivity contribution < 1.29 is 33.3 Å². The smallest absolute Gasteiger partial charge is 0.303 e. The van der Waals surface area contributed by atoms with Gasteiger partial charge in [-0.2, -0.15) is 0 Å². The average molecular weight is 407 g/mol. The zero-order valence-electron chi connectivity index (χ0n) is 17.3. The predicted octanol–water partition coefficient (Wildman–Crippen LogP) is 1.75. The molecule has 0 saturated carbocycles. The third-order valence-electron chi connectivity index (χ3n) is 4.54. The van der Waals surface area contributed by atoms with Crippen LogP contribution in [0.1, 0.15) is 39.7 Å². The van der Waals surface area contributed by atoms with Crippen LogP contribution in [0.25, 0.3) is 0 Å². The fourth-order valence-corrected chi connectivity index (χ4v) is 3.34. The molecule has 0 radical (unpaired) electrons. The molecule has 5 unspecified atom stereocenters. The van der Waals surface area contributed by atoms with Gasteiger partial charge in [0.1, 0.15) is 0 Å². The van der Waals surface area contributed by atoms with E-state index < -0.39 is 42.3 Å². The zero-order chi connectivity index (χ0) is 21.4.